The molecule has 4 nitrogen and oxygen atoms in total. The number of fused-ring (bicyclic) bond motifs is 2. The van der Waals surface area contributed by atoms with Gasteiger partial charge in [0.25, 0.3) is 0 Å². The number of hydrogen-bond donors (Lipinski definition) is 2. The van der Waals surface area contributed by atoms with Gasteiger partial charge in [0, 0.05) is 23.4 Å². The number of anilines is 1. The van der Waals surface area contributed by atoms with E-state index < -0.39 is 0 Å². The Morgan fingerprint density at radius 2 is 1.73 bits per heavy atom. The summed E-state index contributed by atoms with van der Waals surface area (Å²) in [6, 6.07) is 13.9. The van der Waals surface area contributed by atoms with Crippen LogP contribution < -0.4 is 5.73 Å². The molecule has 1 aliphatic rings. The summed E-state index contributed by atoms with van der Waals surface area (Å²) in [5, 5.41) is 7.90. The van der Waals surface area contributed by atoms with Crippen molar-refractivity contribution in [2.75, 3.05) is 5.73 Å². The SMILES string of the molecule is N=C1CCc2nc3ccc(N)c(-c4ccccc4)c3nc2C1. The van der Waals surface area contributed by atoms with Crippen molar-refractivity contribution >= 4 is 22.4 Å². The zero-order valence-electron chi connectivity index (χ0n) is 12.1. The van der Waals surface area contributed by atoms with Crippen molar-refractivity contribution in [2.24, 2.45) is 0 Å². The van der Waals surface area contributed by atoms with Gasteiger partial charge in [-0.15, -0.1) is 0 Å². The predicted molar refractivity (Wildman–Crippen MR) is 89.1 cm³/mol. The van der Waals surface area contributed by atoms with Crippen LogP contribution in [0.4, 0.5) is 5.69 Å². The van der Waals surface area contributed by atoms with Gasteiger partial charge in [-0.1, -0.05) is 30.3 Å². The third kappa shape index (κ3) is 2.04. The first kappa shape index (κ1) is 13.0. The second-order valence-corrected chi connectivity index (χ2v) is 5.66. The molecule has 3 aromatic rings. The summed E-state index contributed by atoms with van der Waals surface area (Å²) in [5.74, 6) is 0. The van der Waals surface area contributed by atoms with E-state index in [0.29, 0.717) is 12.1 Å². The number of rotatable bonds is 1. The molecule has 0 saturated heterocycles. The molecule has 0 atom stereocenters. The van der Waals surface area contributed by atoms with Crippen LogP contribution in [0, 0.1) is 5.41 Å². The van der Waals surface area contributed by atoms with Gasteiger partial charge in [-0.25, -0.2) is 9.97 Å². The van der Waals surface area contributed by atoms with Crippen LogP contribution in [0.15, 0.2) is 42.5 Å². The Morgan fingerprint density at radius 1 is 0.909 bits per heavy atom. The van der Waals surface area contributed by atoms with Crippen LogP contribution in [0.5, 0.6) is 0 Å². The van der Waals surface area contributed by atoms with Gasteiger partial charge in [-0.2, -0.15) is 0 Å². The third-order valence-corrected chi connectivity index (χ3v) is 4.13. The zero-order chi connectivity index (χ0) is 15.1. The fourth-order valence-electron chi connectivity index (χ4n) is 3.02. The lowest BCUT2D eigenvalue weighted by Gasteiger charge is -2.17. The maximum atomic E-state index is 7.90. The number of benzene rings is 2. The Bertz CT molecular complexity index is 884. The fraction of sp³-hybridized carbons (Fsp3) is 0.167. The molecular weight excluding hydrogens is 272 g/mol. The van der Waals surface area contributed by atoms with Crippen LogP contribution >= 0.6 is 0 Å². The fourth-order valence-corrected chi connectivity index (χ4v) is 3.02. The smallest absolute Gasteiger partial charge is 0.0989 e. The Balaban J connectivity index is 2.02. The minimum Gasteiger partial charge on any atom is -0.398 e. The van der Waals surface area contributed by atoms with E-state index in [2.05, 4.69) is 0 Å². The minimum absolute atomic E-state index is 0.599. The van der Waals surface area contributed by atoms with Gasteiger partial charge in [0.1, 0.15) is 0 Å². The van der Waals surface area contributed by atoms with Crippen LogP contribution in [0.3, 0.4) is 0 Å². The average Bonchev–Trinajstić information content (AvgIpc) is 2.54. The number of nitrogen functional groups attached to an aromatic ring is 1. The van der Waals surface area contributed by atoms with Gasteiger partial charge < -0.3 is 11.1 Å². The maximum Gasteiger partial charge on any atom is 0.0989 e. The summed E-state index contributed by atoms with van der Waals surface area (Å²) < 4.78 is 0. The zero-order valence-corrected chi connectivity index (χ0v) is 12.1. The monoisotopic (exact) mass is 288 g/mol. The second kappa shape index (κ2) is 4.91. The number of hydrogen-bond acceptors (Lipinski definition) is 4. The van der Waals surface area contributed by atoms with Crippen molar-refractivity contribution in [3.8, 4) is 11.1 Å². The summed E-state index contributed by atoms with van der Waals surface area (Å²) in [6.45, 7) is 0. The van der Waals surface area contributed by atoms with Crippen LogP contribution in [-0.2, 0) is 12.8 Å². The molecule has 108 valence electrons. The molecule has 4 heteroatoms. The lowest BCUT2D eigenvalue weighted by atomic mass is 9.96. The van der Waals surface area contributed by atoms with Gasteiger partial charge in [-0.05, 0) is 30.5 Å². The van der Waals surface area contributed by atoms with E-state index in [0.717, 1.165) is 52.1 Å². The quantitative estimate of drug-likeness (QED) is 0.674. The molecule has 0 bridgehead atoms. The Kier molecular flexibility index (Phi) is 2.89. The number of nitrogens with two attached hydrogens (primary N) is 1. The van der Waals surface area contributed by atoms with E-state index in [4.69, 9.17) is 21.1 Å². The summed E-state index contributed by atoms with van der Waals surface area (Å²) >= 11 is 0. The van der Waals surface area contributed by atoms with Gasteiger partial charge in [0.05, 0.1) is 22.4 Å². The topological polar surface area (TPSA) is 75.7 Å². The number of nitrogens with zero attached hydrogens (tertiary/aromatic N) is 2. The number of aromatic nitrogens is 2. The molecule has 0 unspecified atom stereocenters. The van der Waals surface area contributed by atoms with Gasteiger partial charge in [-0.3, -0.25) is 0 Å². The summed E-state index contributed by atoms with van der Waals surface area (Å²) in [6.07, 6.45) is 2.19. The van der Waals surface area contributed by atoms with Crippen LogP contribution in [-0.4, -0.2) is 15.7 Å². The molecule has 22 heavy (non-hydrogen) atoms. The molecular formula is C18H16N4. The largest absolute Gasteiger partial charge is 0.398 e. The molecule has 1 aromatic heterocycles. The van der Waals surface area contributed by atoms with Crippen molar-refractivity contribution in [3.05, 3.63) is 53.9 Å². The second-order valence-electron chi connectivity index (χ2n) is 5.66. The van der Waals surface area contributed by atoms with Gasteiger partial charge >= 0.3 is 0 Å². The van der Waals surface area contributed by atoms with E-state index in [1.54, 1.807) is 0 Å². The van der Waals surface area contributed by atoms with Crippen molar-refractivity contribution in [1.82, 2.24) is 9.97 Å². The highest BCUT2D eigenvalue weighted by atomic mass is 14.8. The standard InChI is InChI=1S/C18H16N4/c19-12-6-8-14-16(10-12)22-18-15(21-14)9-7-13(20)17(18)11-4-2-1-3-5-11/h1-5,7,9,19H,6,8,10,20H2. The van der Waals surface area contributed by atoms with Crippen LogP contribution in [0.25, 0.3) is 22.2 Å². The highest BCUT2D eigenvalue weighted by Crippen LogP contribution is 2.33. The Labute approximate surface area is 128 Å². The van der Waals surface area contributed by atoms with Crippen LogP contribution in [0.1, 0.15) is 17.8 Å². The molecule has 1 heterocycles. The minimum atomic E-state index is 0.599. The Morgan fingerprint density at radius 3 is 2.55 bits per heavy atom. The molecule has 4 rings (SSSR count). The van der Waals surface area contributed by atoms with Crippen molar-refractivity contribution in [3.63, 3.8) is 0 Å². The average molecular weight is 288 g/mol. The van der Waals surface area contributed by atoms with E-state index >= 15 is 0 Å². The van der Waals surface area contributed by atoms with Crippen molar-refractivity contribution in [1.29, 1.82) is 5.41 Å². The first-order chi connectivity index (χ1) is 10.7. The molecule has 0 aliphatic heterocycles. The molecule has 0 radical (unpaired) electrons. The molecule has 0 spiro atoms. The highest BCUT2D eigenvalue weighted by Gasteiger charge is 2.19. The van der Waals surface area contributed by atoms with Gasteiger partial charge in [0.2, 0.25) is 0 Å². The van der Waals surface area contributed by atoms with E-state index in [-0.39, 0.29) is 0 Å². The van der Waals surface area contributed by atoms with Crippen molar-refractivity contribution < 1.29 is 0 Å². The van der Waals surface area contributed by atoms with E-state index in [9.17, 15) is 0 Å². The first-order valence-electron chi connectivity index (χ1n) is 7.42. The lowest BCUT2D eigenvalue weighted by Crippen LogP contribution is -2.16. The third-order valence-electron chi connectivity index (χ3n) is 4.13. The summed E-state index contributed by atoms with van der Waals surface area (Å²) in [4.78, 5) is 9.58. The van der Waals surface area contributed by atoms with Gasteiger partial charge in [0.15, 0.2) is 0 Å². The molecule has 0 fully saturated rings. The van der Waals surface area contributed by atoms with E-state index in [1.165, 1.54) is 0 Å². The number of nitrogens with one attached hydrogen (secondary N) is 1. The molecule has 0 saturated carbocycles. The summed E-state index contributed by atoms with van der Waals surface area (Å²) in [5.41, 5.74) is 13.3. The normalized spacial score (nSPS) is 14.1. The predicted octanol–water partition coefficient (Wildman–Crippen LogP) is 3.39. The molecule has 0 amide bonds. The summed E-state index contributed by atoms with van der Waals surface area (Å²) in [7, 11) is 0. The highest BCUT2D eigenvalue weighted by molar-refractivity contribution is 5.98. The number of aryl methyl sites for hydroxylation is 1. The molecule has 1 aliphatic carbocycles. The Hall–Kier alpha value is -2.75. The van der Waals surface area contributed by atoms with E-state index in [1.807, 2.05) is 42.5 Å². The van der Waals surface area contributed by atoms with Crippen LogP contribution in [0.2, 0.25) is 0 Å². The first-order valence-corrected chi connectivity index (χ1v) is 7.42. The van der Waals surface area contributed by atoms with Crippen molar-refractivity contribution in [2.45, 2.75) is 19.3 Å². The lowest BCUT2D eigenvalue weighted by molar-refractivity contribution is 0.867. The molecule has 2 aromatic carbocycles. The maximum absolute atomic E-state index is 7.90. The molecule has 3 N–H and O–H groups in total.